The van der Waals surface area contributed by atoms with Gasteiger partial charge in [-0.1, -0.05) is 13.8 Å². The van der Waals surface area contributed by atoms with E-state index in [1.54, 1.807) is 7.11 Å². The van der Waals surface area contributed by atoms with Crippen molar-refractivity contribution < 1.29 is 8.85 Å². The van der Waals surface area contributed by atoms with Crippen molar-refractivity contribution in [3.8, 4) is 0 Å². The van der Waals surface area contributed by atoms with E-state index in [1.807, 2.05) is 5.70 Å². The normalized spacial score (nSPS) is 15.9. The minimum atomic E-state index is -1.97. The molecule has 0 radical (unpaired) electrons. The lowest BCUT2D eigenvalue weighted by Crippen LogP contribution is -2.38. The van der Waals surface area contributed by atoms with Gasteiger partial charge in [-0.25, -0.2) is 0 Å². The fraction of sp³-hybridized carbons (Fsp3) is 0.750. The summed E-state index contributed by atoms with van der Waals surface area (Å²) >= 11 is 0. The van der Waals surface area contributed by atoms with E-state index in [9.17, 15) is 0 Å². The highest BCUT2D eigenvalue weighted by atomic mass is 28.4. The summed E-state index contributed by atoms with van der Waals surface area (Å²) in [6, 6.07) is 0.938. The highest BCUT2D eigenvalue weighted by molar-refractivity contribution is 6.72. The van der Waals surface area contributed by atoms with Crippen LogP contribution in [0.2, 0.25) is 6.04 Å². The molecule has 0 bridgehead atoms. The maximum absolute atomic E-state index is 5.62. The van der Waals surface area contributed by atoms with Crippen LogP contribution in [-0.2, 0) is 8.85 Å². The van der Waals surface area contributed by atoms with Crippen LogP contribution in [0, 0.1) is 0 Å². The van der Waals surface area contributed by atoms with Crippen LogP contribution in [0.15, 0.2) is 12.3 Å². The Labute approximate surface area is 70.5 Å². The van der Waals surface area contributed by atoms with Gasteiger partial charge in [0.15, 0.2) is 0 Å². The van der Waals surface area contributed by atoms with Crippen LogP contribution in [0.3, 0.4) is 0 Å². The van der Waals surface area contributed by atoms with Gasteiger partial charge in [0.1, 0.15) is 0 Å². The van der Waals surface area contributed by atoms with E-state index in [2.05, 4.69) is 20.4 Å². The number of hydrogen-bond donors (Lipinski definition) is 0. The first-order chi connectivity index (χ1) is 5.24. The lowest BCUT2D eigenvalue weighted by Gasteiger charge is -2.23. The molecule has 2 nitrogen and oxygen atoms in total. The summed E-state index contributed by atoms with van der Waals surface area (Å²) in [5.74, 6) is 0. The summed E-state index contributed by atoms with van der Waals surface area (Å²) in [6.45, 7) is 8.68. The molecule has 0 saturated carbocycles. The van der Waals surface area contributed by atoms with Gasteiger partial charge in [0.05, 0.1) is 0 Å². The largest absolute Gasteiger partial charge is 0.395 e. The fourth-order valence-corrected chi connectivity index (χ4v) is 2.60. The van der Waals surface area contributed by atoms with Crippen LogP contribution in [0.1, 0.15) is 20.3 Å². The Balaban J connectivity index is 3.94. The fourth-order valence-electron chi connectivity index (χ4n) is 0.867. The van der Waals surface area contributed by atoms with Gasteiger partial charge < -0.3 is 8.85 Å². The Morgan fingerprint density at radius 3 is 2.36 bits per heavy atom. The Hall–Kier alpha value is -0.123. The molecule has 0 aromatic rings. The Morgan fingerprint density at radius 1 is 1.45 bits per heavy atom. The molecule has 0 saturated heterocycles. The highest BCUT2D eigenvalue weighted by Crippen LogP contribution is 2.13. The van der Waals surface area contributed by atoms with Crippen molar-refractivity contribution in [3.63, 3.8) is 0 Å². The molecule has 0 aliphatic rings. The summed E-state index contributed by atoms with van der Waals surface area (Å²) in [6.07, 6.45) is 1.03. The van der Waals surface area contributed by atoms with Crippen LogP contribution >= 0.6 is 0 Å². The molecule has 0 aromatic heterocycles. The van der Waals surface area contributed by atoms with E-state index in [1.165, 1.54) is 0 Å². The van der Waals surface area contributed by atoms with Crippen molar-refractivity contribution in [2.24, 2.45) is 0 Å². The zero-order valence-corrected chi connectivity index (χ0v) is 8.72. The van der Waals surface area contributed by atoms with Gasteiger partial charge in [0.25, 0.3) is 0 Å². The Bertz CT molecular complexity index is 111. The molecule has 0 fully saturated rings. The summed E-state index contributed by atoms with van der Waals surface area (Å²) in [4.78, 5) is 0. The first kappa shape index (κ1) is 10.9. The van der Waals surface area contributed by atoms with Crippen molar-refractivity contribution >= 4 is 8.56 Å². The quantitative estimate of drug-likeness (QED) is 0.575. The molecule has 0 aliphatic heterocycles. The first-order valence-electron chi connectivity index (χ1n) is 4.07. The van der Waals surface area contributed by atoms with E-state index in [0.29, 0.717) is 0 Å². The highest BCUT2D eigenvalue weighted by Gasteiger charge is 2.29. The number of rotatable bonds is 6. The standard InChI is InChI=1S/C8H18O2Si/c1-5-8-10-11(6-2,7-3)9-4/h6H,2,5,7-8H2,1,3-4H3. The van der Waals surface area contributed by atoms with Gasteiger partial charge in [0.2, 0.25) is 0 Å². The second-order valence-electron chi connectivity index (χ2n) is 2.42. The molecule has 1 unspecified atom stereocenters. The van der Waals surface area contributed by atoms with Crippen molar-refractivity contribution in [2.45, 2.75) is 26.3 Å². The van der Waals surface area contributed by atoms with Gasteiger partial charge >= 0.3 is 8.56 Å². The first-order valence-corrected chi connectivity index (χ1v) is 6.17. The molecule has 0 N–H and O–H groups in total. The van der Waals surface area contributed by atoms with Gasteiger partial charge in [-0.05, 0) is 18.2 Å². The topological polar surface area (TPSA) is 18.5 Å². The maximum Gasteiger partial charge on any atom is 0.363 e. The zero-order valence-electron chi connectivity index (χ0n) is 7.72. The molecule has 11 heavy (non-hydrogen) atoms. The summed E-state index contributed by atoms with van der Waals surface area (Å²) < 4.78 is 11.0. The minimum absolute atomic E-state index is 0.778. The third kappa shape index (κ3) is 3.18. The Kier molecular flexibility index (Phi) is 5.46. The second kappa shape index (κ2) is 5.52. The van der Waals surface area contributed by atoms with Gasteiger partial charge in [-0.2, -0.15) is 0 Å². The van der Waals surface area contributed by atoms with Gasteiger partial charge in [-0.15, -0.1) is 6.58 Å². The van der Waals surface area contributed by atoms with Crippen molar-refractivity contribution in [2.75, 3.05) is 13.7 Å². The van der Waals surface area contributed by atoms with E-state index in [4.69, 9.17) is 8.85 Å². The van der Waals surface area contributed by atoms with Gasteiger partial charge in [0, 0.05) is 13.7 Å². The molecule has 0 spiro atoms. The summed E-state index contributed by atoms with van der Waals surface area (Å²) in [7, 11) is -0.273. The lowest BCUT2D eigenvalue weighted by atomic mass is 10.5. The smallest absolute Gasteiger partial charge is 0.363 e. The molecular formula is C8H18O2Si. The molecule has 0 rings (SSSR count). The number of hydrogen-bond acceptors (Lipinski definition) is 2. The maximum atomic E-state index is 5.62. The van der Waals surface area contributed by atoms with E-state index in [-0.39, 0.29) is 0 Å². The Morgan fingerprint density at radius 2 is 2.09 bits per heavy atom. The molecule has 0 amide bonds. The van der Waals surface area contributed by atoms with Crippen LogP contribution in [-0.4, -0.2) is 22.3 Å². The molecule has 0 heterocycles. The zero-order chi connectivity index (χ0) is 8.74. The predicted molar refractivity (Wildman–Crippen MR) is 49.7 cm³/mol. The lowest BCUT2D eigenvalue weighted by molar-refractivity contribution is 0.211. The summed E-state index contributed by atoms with van der Waals surface area (Å²) in [5.41, 5.74) is 1.85. The molecule has 3 heteroatoms. The molecule has 0 aliphatic carbocycles. The van der Waals surface area contributed by atoms with Gasteiger partial charge in [-0.3, -0.25) is 0 Å². The minimum Gasteiger partial charge on any atom is -0.395 e. The van der Waals surface area contributed by atoms with E-state index >= 15 is 0 Å². The molecule has 1 atom stereocenters. The van der Waals surface area contributed by atoms with Crippen LogP contribution in [0.5, 0.6) is 0 Å². The summed E-state index contributed by atoms with van der Waals surface area (Å²) in [5, 5.41) is 0. The van der Waals surface area contributed by atoms with Crippen molar-refractivity contribution in [1.29, 1.82) is 0 Å². The van der Waals surface area contributed by atoms with E-state index < -0.39 is 8.56 Å². The monoisotopic (exact) mass is 174 g/mol. The third-order valence-corrected chi connectivity index (χ3v) is 4.69. The third-order valence-electron chi connectivity index (χ3n) is 1.70. The van der Waals surface area contributed by atoms with Crippen LogP contribution in [0.25, 0.3) is 0 Å². The predicted octanol–water partition coefficient (Wildman–Crippen LogP) is 2.25. The van der Waals surface area contributed by atoms with Crippen molar-refractivity contribution in [3.05, 3.63) is 12.3 Å². The second-order valence-corrected chi connectivity index (χ2v) is 5.86. The van der Waals surface area contributed by atoms with Crippen LogP contribution in [0.4, 0.5) is 0 Å². The average molecular weight is 174 g/mol. The average Bonchev–Trinajstić information content (AvgIpc) is 2.08. The van der Waals surface area contributed by atoms with E-state index in [0.717, 1.165) is 19.1 Å². The molecular weight excluding hydrogens is 156 g/mol. The SMILES string of the molecule is C=C[Si](CC)(OC)OCCC. The molecule has 0 aromatic carbocycles. The van der Waals surface area contributed by atoms with Crippen LogP contribution < -0.4 is 0 Å². The van der Waals surface area contributed by atoms with Crippen molar-refractivity contribution in [1.82, 2.24) is 0 Å². The molecule has 66 valence electrons.